The molecule has 0 radical (unpaired) electrons. The minimum Gasteiger partial charge on any atom is -0.293 e. The van der Waals surface area contributed by atoms with E-state index < -0.39 is 0 Å². The van der Waals surface area contributed by atoms with E-state index >= 15 is 0 Å². The number of rotatable bonds is 4. The molecule has 1 atom stereocenters. The fourth-order valence-corrected chi connectivity index (χ4v) is 2.57. The number of benzene rings is 1. The zero-order valence-corrected chi connectivity index (χ0v) is 12.1. The summed E-state index contributed by atoms with van der Waals surface area (Å²) in [6, 6.07) is 7.71. The van der Waals surface area contributed by atoms with Gasteiger partial charge in [-0.15, -0.1) is 0 Å². The Hall–Kier alpha value is -1.68. The number of hydrogen-bond acceptors (Lipinski definition) is 4. The number of ketones is 1. The smallest absolute Gasteiger partial charge is 0.188 e. The lowest BCUT2D eigenvalue weighted by molar-refractivity contribution is 0.0993. The lowest BCUT2D eigenvalue weighted by atomic mass is 10.0. The van der Waals surface area contributed by atoms with Crippen LogP contribution in [-0.2, 0) is 0 Å². The van der Waals surface area contributed by atoms with Gasteiger partial charge in [0, 0.05) is 18.0 Å². The second-order valence-corrected chi connectivity index (χ2v) is 5.78. The molecule has 0 aliphatic carbocycles. The molecule has 3 nitrogen and oxygen atoms in total. The zero-order chi connectivity index (χ0) is 13.8. The Bertz CT molecular complexity index is 584. The molecule has 0 saturated carbocycles. The summed E-state index contributed by atoms with van der Waals surface area (Å²) in [5.41, 5.74) is 2.90. The Kier molecular flexibility index (Phi) is 4.32. The number of nitrogens with zero attached hydrogens (tertiary/aromatic N) is 2. The molecule has 0 aliphatic rings. The molecule has 1 heterocycles. The summed E-state index contributed by atoms with van der Waals surface area (Å²) in [6.07, 6.45) is 3.37. The Morgan fingerprint density at radius 2 is 1.89 bits per heavy atom. The van der Waals surface area contributed by atoms with E-state index in [-0.39, 0.29) is 11.0 Å². The van der Waals surface area contributed by atoms with Gasteiger partial charge in [-0.1, -0.05) is 29.5 Å². The van der Waals surface area contributed by atoms with Gasteiger partial charge in [0.15, 0.2) is 10.9 Å². The van der Waals surface area contributed by atoms with Gasteiger partial charge in [-0.25, -0.2) is 9.97 Å². The number of hydrogen-bond donors (Lipinski definition) is 0. The molecule has 19 heavy (non-hydrogen) atoms. The van der Waals surface area contributed by atoms with Gasteiger partial charge in [0.05, 0.1) is 5.25 Å². The maximum Gasteiger partial charge on any atom is 0.188 e. The third-order valence-corrected chi connectivity index (χ3v) is 3.84. The van der Waals surface area contributed by atoms with E-state index in [9.17, 15) is 4.79 Å². The van der Waals surface area contributed by atoms with Crippen molar-refractivity contribution in [3.8, 4) is 0 Å². The van der Waals surface area contributed by atoms with Crippen molar-refractivity contribution in [1.82, 2.24) is 9.97 Å². The molecule has 0 aliphatic heterocycles. The molecular formula is C15H16N2OS. The second-order valence-electron chi connectivity index (χ2n) is 4.47. The van der Waals surface area contributed by atoms with Crippen molar-refractivity contribution < 1.29 is 4.79 Å². The van der Waals surface area contributed by atoms with Crippen LogP contribution >= 0.6 is 11.8 Å². The molecule has 2 rings (SSSR count). The molecule has 0 amide bonds. The monoisotopic (exact) mass is 272 g/mol. The largest absolute Gasteiger partial charge is 0.293 e. The lowest BCUT2D eigenvalue weighted by Gasteiger charge is -2.11. The van der Waals surface area contributed by atoms with Crippen LogP contribution in [0.4, 0.5) is 0 Å². The van der Waals surface area contributed by atoms with Gasteiger partial charge in [-0.05, 0) is 38.5 Å². The molecule has 0 spiro atoms. The summed E-state index contributed by atoms with van der Waals surface area (Å²) in [6.45, 7) is 5.85. The summed E-state index contributed by atoms with van der Waals surface area (Å²) in [5.74, 6) is 0.124. The highest BCUT2D eigenvalue weighted by Crippen LogP contribution is 2.23. The summed E-state index contributed by atoms with van der Waals surface area (Å²) < 4.78 is 0. The van der Waals surface area contributed by atoms with Gasteiger partial charge in [-0.2, -0.15) is 0 Å². The average molecular weight is 272 g/mol. The molecule has 1 aromatic carbocycles. The minimum absolute atomic E-state index is 0.124. The molecule has 0 bridgehead atoms. The standard InChI is InChI=1S/C15H16N2OS/c1-10-5-6-11(2)13(9-10)14(18)12(3)19-15-16-7-4-8-17-15/h4-9,12H,1-3H3. The fourth-order valence-electron chi connectivity index (χ4n) is 1.78. The highest BCUT2D eigenvalue weighted by molar-refractivity contribution is 8.00. The van der Waals surface area contributed by atoms with Crippen molar-refractivity contribution in [2.45, 2.75) is 31.2 Å². The van der Waals surface area contributed by atoms with Crippen molar-refractivity contribution in [2.24, 2.45) is 0 Å². The van der Waals surface area contributed by atoms with Gasteiger partial charge in [0.1, 0.15) is 0 Å². The van der Waals surface area contributed by atoms with Crippen LogP contribution in [0.25, 0.3) is 0 Å². The van der Waals surface area contributed by atoms with Crippen LogP contribution in [-0.4, -0.2) is 21.0 Å². The number of thioether (sulfide) groups is 1. The first-order valence-electron chi connectivity index (χ1n) is 6.13. The summed E-state index contributed by atoms with van der Waals surface area (Å²) in [4.78, 5) is 20.7. The predicted molar refractivity (Wildman–Crippen MR) is 77.6 cm³/mol. The fraction of sp³-hybridized carbons (Fsp3) is 0.267. The summed E-state index contributed by atoms with van der Waals surface area (Å²) in [5, 5.41) is 0.441. The lowest BCUT2D eigenvalue weighted by Crippen LogP contribution is -2.15. The van der Waals surface area contributed by atoms with Gasteiger partial charge in [-0.3, -0.25) is 4.79 Å². The molecule has 2 aromatic rings. The molecule has 4 heteroatoms. The first kappa shape index (κ1) is 13.7. The maximum atomic E-state index is 12.4. The Balaban J connectivity index is 2.17. The molecule has 1 aromatic heterocycles. The van der Waals surface area contributed by atoms with Crippen LogP contribution < -0.4 is 0 Å². The van der Waals surface area contributed by atoms with E-state index in [2.05, 4.69) is 9.97 Å². The topological polar surface area (TPSA) is 42.9 Å². The van der Waals surface area contributed by atoms with E-state index in [0.717, 1.165) is 16.7 Å². The normalized spacial score (nSPS) is 12.2. The van der Waals surface area contributed by atoms with Crippen molar-refractivity contribution >= 4 is 17.5 Å². The van der Waals surface area contributed by atoms with Crippen molar-refractivity contribution in [3.05, 3.63) is 53.3 Å². The van der Waals surface area contributed by atoms with Crippen LogP contribution in [0.15, 0.2) is 41.8 Å². The van der Waals surface area contributed by atoms with Gasteiger partial charge < -0.3 is 0 Å². The Labute approximate surface area is 117 Å². The van der Waals surface area contributed by atoms with E-state index in [1.165, 1.54) is 11.8 Å². The van der Waals surface area contributed by atoms with E-state index in [1.807, 2.05) is 39.0 Å². The van der Waals surface area contributed by atoms with Crippen molar-refractivity contribution in [3.63, 3.8) is 0 Å². The first-order valence-corrected chi connectivity index (χ1v) is 7.01. The Morgan fingerprint density at radius 3 is 2.58 bits per heavy atom. The molecule has 98 valence electrons. The Morgan fingerprint density at radius 1 is 1.21 bits per heavy atom. The van der Waals surface area contributed by atoms with Gasteiger partial charge in [0.2, 0.25) is 0 Å². The maximum absolute atomic E-state index is 12.4. The second kappa shape index (κ2) is 5.97. The van der Waals surface area contributed by atoms with E-state index in [1.54, 1.807) is 18.5 Å². The van der Waals surface area contributed by atoms with Crippen LogP contribution in [0.1, 0.15) is 28.4 Å². The molecule has 1 unspecified atom stereocenters. The van der Waals surface area contributed by atoms with Crippen LogP contribution in [0.3, 0.4) is 0 Å². The van der Waals surface area contributed by atoms with Crippen LogP contribution in [0.5, 0.6) is 0 Å². The number of aromatic nitrogens is 2. The number of carbonyl (C=O) groups is 1. The number of aryl methyl sites for hydroxylation is 2. The third-order valence-electron chi connectivity index (χ3n) is 2.85. The number of carbonyl (C=O) groups excluding carboxylic acids is 1. The van der Waals surface area contributed by atoms with Crippen LogP contribution in [0, 0.1) is 13.8 Å². The number of Topliss-reactive ketones (excluding diaryl/α,β-unsaturated/α-hetero) is 1. The van der Waals surface area contributed by atoms with Crippen molar-refractivity contribution in [1.29, 1.82) is 0 Å². The first-order chi connectivity index (χ1) is 9.08. The predicted octanol–water partition coefficient (Wildman–Crippen LogP) is 3.46. The van der Waals surface area contributed by atoms with E-state index in [4.69, 9.17) is 0 Å². The summed E-state index contributed by atoms with van der Waals surface area (Å²) >= 11 is 1.39. The SMILES string of the molecule is Cc1ccc(C)c(C(=O)C(C)Sc2ncccn2)c1. The molecular weight excluding hydrogens is 256 g/mol. The molecule has 0 saturated heterocycles. The quantitative estimate of drug-likeness (QED) is 0.485. The summed E-state index contributed by atoms with van der Waals surface area (Å²) in [7, 11) is 0. The average Bonchev–Trinajstić information content (AvgIpc) is 2.42. The van der Waals surface area contributed by atoms with Crippen LogP contribution in [0.2, 0.25) is 0 Å². The van der Waals surface area contributed by atoms with Gasteiger partial charge >= 0.3 is 0 Å². The minimum atomic E-state index is -0.192. The highest BCUT2D eigenvalue weighted by atomic mass is 32.2. The zero-order valence-electron chi connectivity index (χ0n) is 11.3. The van der Waals surface area contributed by atoms with E-state index in [0.29, 0.717) is 5.16 Å². The molecule has 0 fully saturated rings. The molecule has 0 N–H and O–H groups in total. The van der Waals surface area contributed by atoms with Crippen molar-refractivity contribution in [2.75, 3.05) is 0 Å². The highest BCUT2D eigenvalue weighted by Gasteiger charge is 2.19. The van der Waals surface area contributed by atoms with Gasteiger partial charge in [0.25, 0.3) is 0 Å². The third kappa shape index (κ3) is 3.41.